The number of aromatic nitrogens is 3. The second kappa shape index (κ2) is 4.43. The van der Waals surface area contributed by atoms with Gasteiger partial charge in [-0.2, -0.15) is 0 Å². The van der Waals surface area contributed by atoms with Crippen molar-refractivity contribution < 1.29 is 14.6 Å². The molecular formula is C10H9N3O3. The molecule has 0 aliphatic heterocycles. The van der Waals surface area contributed by atoms with Gasteiger partial charge in [0.15, 0.2) is 6.61 Å². The quantitative estimate of drug-likeness (QED) is 0.820. The fourth-order valence-corrected chi connectivity index (χ4v) is 1.19. The number of nitrogens with zero attached hydrogens (tertiary/aromatic N) is 3. The van der Waals surface area contributed by atoms with E-state index >= 15 is 0 Å². The van der Waals surface area contributed by atoms with Gasteiger partial charge in [0.05, 0.1) is 0 Å². The van der Waals surface area contributed by atoms with Crippen molar-refractivity contribution in [2.75, 3.05) is 6.61 Å². The Morgan fingerprint density at radius 2 is 1.88 bits per heavy atom. The van der Waals surface area contributed by atoms with Gasteiger partial charge in [0.25, 0.3) is 0 Å². The van der Waals surface area contributed by atoms with Gasteiger partial charge in [-0.1, -0.05) is 0 Å². The molecule has 16 heavy (non-hydrogen) atoms. The summed E-state index contributed by atoms with van der Waals surface area (Å²) in [5.41, 5.74) is 0.882. The third-order valence-electron chi connectivity index (χ3n) is 1.92. The van der Waals surface area contributed by atoms with Crippen molar-refractivity contribution in [1.29, 1.82) is 0 Å². The number of hydrogen-bond acceptors (Lipinski definition) is 4. The molecule has 0 radical (unpaired) electrons. The molecule has 0 bridgehead atoms. The monoisotopic (exact) mass is 219 g/mol. The normalized spacial score (nSPS) is 10.0. The Bertz CT molecular complexity index is 465. The average molecular weight is 219 g/mol. The van der Waals surface area contributed by atoms with Gasteiger partial charge >= 0.3 is 5.97 Å². The summed E-state index contributed by atoms with van der Waals surface area (Å²) in [7, 11) is 0. The first-order valence-electron chi connectivity index (χ1n) is 4.55. The summed E-state index contributed by atoms with van der Waals surface area (Å²) < 4.78 is 6.74. The van der Waals surface area contributed by atoms with Crippen LogP contribution in [0.25, 0.3) is 5.69 Å². The van der Waals surface area contributed by atoms with Crippen molar-refractivity contribution in [3.63, 3.8) is 0 Å². The molecule has 6 nitrogen and oxygen atoms in total. The number of benzene rings is 1. The van der Waals surface area contributed by atoms with Crippen LogP contribution in [-0.2, 0) is 4.79 Å². The summed E-state index contributed by atoms with van der Waals surface area (Å²) in [6, 6.07) is 6.97. The van der Waals surface area contributed by atoms with Crippen molar-refractivity contribution >= 4 is 5.97 Å². The molecule has 0 aliphatic carbocycles. The molecule has 82 valence electrons. The lowest BCUT2D eigenvalue weighted by Crippen LogP contribution is -2.09. The van der Waals surface area contributed by atoms with Gasteiger partial charge in [-0.15, -0.1) is 10.2 Å². The van der Waals surface area contributed by atoms with E-state index in [4.69, 9.17) is 9.84 Å². The van der Waals surface area contributed by atoms with Crippen molar-refractivity contribution in [2.24, 2.45) is 0 Å². The molecule has 1 aromatic carbocycles. The third kappa shape index (κ3) is 2.35. The van der Waals surface area contributed by atoms with Crippen LogP contribution < -0.4 is 4.74 Å². The number of ether oxygens (including phenoxy) is 1. The fourth-order valence-electron chi connectivity index (χ4n) is 1.19. The number of rotatable bonds is 4. The number of hydrogen-bond donors (Lipinski definition) is 1. The third-order valence-corrected chi connectivity index (χ3v) is 1.92. The summed E-state index contributed by atoms with van der Waals surface area (Å²) in [4.78, 5) is 10.3. The number of carboxylic acids is 1. The minimum atomic E-state index is -0.997. The standard InChI is InChI=1S/C10H9N3O3/c14-10(15)5-16-9-3-1-8(2-4-9)13-6-11-12-7-13/h1-4,6-7H,5H2,(H,14,15). The molecule has 0 amide bonds. The molecule has 2 aromatic rings. The molecule has 0 unspecified atom stereocenters. The van der Waals surface area contributed by atoms with Gasteiger partial charge < -0.3 is 9.84 Å². The van der Waals surface area contributed by atoms with Gasteiger partial charge in [-0.05, 0) is 24.3 Å². The van der Waals surface area contributed by atoms with Gasteiger partial charge in [-0.3, -0.25) is 4.57 Å². The summed E-state index contributed by atoms with van der Waals surface area (Å²) in [5, 5.41) is 15.8. The molecule has 0 saturated carbocycles. The second-order valence-electron chi connectivity index (χ2n) is 3.05. The van der Waals surface area contributed by atoms with Crippen molar-refractivity contribution in [1.82, 2.24) is 14.8 Å². The average Bonchev–Trinajstić information content (AvgIpc) is 2.80. The predicted molar refractivity (Wildman–Crippen MR) is 54.5 cm³/mol. The molecule has 0 aliphatic rings. The lowest BCUT2D eigenvalue weighted by Gasteiger charge is -2.04. The first-order valence-corrected chi connectivity index (χ1v) is 4.55. The first kappa shape index (κ1) is 10.2. The number of aliphatic carboxylic acids is 1. The topological polar surface area (TPSA) is 77.2 Å². The molecule has 2 rings (SSSR count). The van der Waals surface area contributed by atoms with Crippen LogP contribution in [0.5, 0.6) is 5.75 Å². The van der Waals surface area contributed by atoms with Crippen LogP contribution in [0.15, 0.2) is 36.9 Å². The lowest BCUT2D eigenvalue weighted by atomic mass is 10.3. The van der Waals surface area contributed by atoms with Crippen molar-refractivity contribution in [3.05, 3.63) is 36.9 Å². The minimum absolute atomic E-state index is 0.341. The highest BCUT2D eigenvalue weighted by molar-refractivity contribution is 5.68. The smallest absolute Gasteiger partial charge is 0.341 e. The van der Waals surface area contributed by atoms with Crippen LogP contribution in [-0.4, -0.2) is 32.4 Å². The fraction of sp³-hybridized carbons (Fsp3) is 0.100. The maximum atomic E-state index is 10.3. The Morgan fingerprint density at radius 3 is 2.44 bits per heavy atom. The Hall–Kier alpha value is -2.37. The van der Waals surface area contributed by atoms with Crippen LogP contribution in [0.1, 0.15) is 0 Å². The first-order chi connectivity index (χ1) is 7.75. The number of carbonyl (C=O) groups is 1. The molecule has 1 N–H and O–H groups in total. The van der Waals surface area contributed by atoms with E-state index < -0.39 is 5.97 Å². The molecule has 6 heteroatoms. The number of carboxylic acid groups (broad SMARTS) is 1. The highest BCUT2D eigenvalue weighted by atomic mass is 16.5. The zero-order chi connectivity index (χ0) is 11.4. The lowest BCUT2D eigenvalue weighted by molar-refractivity contribution is -0.139. The largest absolute Gasteiger partial charge is 0.482 e. The van der Waals surface area contributed by atoms with E-state index in [9.17, 15) is 4.79 Å². The van der Waals surface area contributed by atoms with Crippen molar-refractivity contribution in [3.8, 4) is 11.4 Å². The van der Waals surface area contributed by atoms with E-state index in [-0.39, 0.29) is 6.61 Å². The maximum Gasteiger partial charge on any atom is 0.341 e. The van der Waals surface area contributed by atoms with Crippen LogP contribution >= 0.6 is 0 Å². The molecule has 0 spiro atoms. The zero-order valence-corrected chi connectivity index (χ0v) is 8.28. The van der Waals surface area contributed by atoms with E-state index in [1.165, 1.54) is 0 Å². The minimum Gasteiger partial charge on any atom is -0.482 e. The van der Waals surface area contributed by atoms with Gasteiger partial charge in [-0.25, -0.2) is 4.79 Å². The van der Waals surface area contributed by atoms with E-state index in [1.807, 2.05) is 0 Å². The molecule has 1 heterocycles. The van der Waals surface area contributed by atoms with E-state index in [1.54, 1.807) is 41.5 Å². The Labute approximate surface area is 91.1 Å². The predicted octanol–water partition coefficient (Wildman–Crippen LogP) is 0.731. The van der Waals surface area contributed by atoms with Crippen LogP contribution in [0.3, 0.4) is 0 Å². The summed E-state index contributed by atoms with van der Waals surface area (Å²) >= 11 is 0. The summed E-state index contributed by atoms with van der Waals surface area (Å²) in [6.45, 7) is -0.341. The van der Waals surface area contributed by atoms with E-state index in [0.29, 0.717) is 5.75 Å². The highest BCUT2D eigenvalue weighted by Gasteiger charge is 2.00. The van der Waals surface area contributed by atoms with Crippen LogP contribution in [0.4, 0.5) is 0 Å². The molecule has 0 atom stereocenters. The van der Waals surface area contributed by atoms with Gasteiger partial charge in [0.1, 0.15) is 18.4 Å². The van der Waals surface area contributed by atoms with Crippen LogP contribution in [0.2, 0.25) is 0 Å². The Morgan fingerprint density at radius 1 is 1.25 bits per heavy atom. The molecule has 1 aromatic heterocycles. The molecule has 0 saturated heterocycles. The summed E-state index contributed by atoms with van der Waals surface area (Å²) in [5.74, 6) is -0.484. The molecule has 0 fully saturated rings. The van der Waals surface area contributed by atoms with Crippen molar-refractivity contribution in [2.45, 2.75) is 0 Å². The van der Waals surface area contributed by atoms with Crippen LogP contribution in [0, 0.1) is 0 Å². The van der Waals surface area contributed by atoms with E-state index in [2.05, 4.69) is 10.2 Å². The molecular weight excluding hydrogens is 210 g/mol. The zero-order valence-electron chi connectivity index (χ0n) is 8.28. The highest BCUT2D eigenvalue weighted by Crippen LogP contribution is 2.14. The van der Waals surface area contributed by atoms with Gasteiger partial charge in [0, 0.05) is 5.69 Å². The SMILES string of the molecule is O=C(O)COc1ccc(-n2cnnc2)cc1. The Kier molecular flexibility index (Phi) is 2.81. The van der Waals surface area contributed by atoms with E-state index in [0.717, 1.165) is 5.69 Å². The Balaban J connectivity index is 2.08. The van der Waals surface area contributed by atoms with Gasteiger partial charge in [0.2, 0.25) is 0 Å². The maximum absolute atomic E-state index is 10.3. The second-order valence-corrected chi connectivity index (χ2v) is 3.05. The summed E-state index contributed by atoms with van der Waals surface area (Å²) in [6.07, 6.45) is 3.15.